The topological polar surface area (TPSA) is 79.1 Å². The maximum Gasteiger partial charge on any atom is 0.422 e. The lowest BCUT2D eigenvalue weighted by Gasteiger charge is -2.26. The van der Waals surface area contributed by atoms with Gasteiger partial charge in [-0.25, -0.2) is 0 Å². The highest BCUT2D eigenvalue weighted by molar-refractivity contribution is 5.72. The fourth-order valence-corrected chi connectivity index (χ4v) is 3.49. The van der Waals surface area contributed by atoms with Gasteiger partial charge in [-0.2, -0.15) is 13.2 Å². The molecule has 0 spiro atoms. The number of rotatable bonds is 7. The number of likely N-dealkylation sites (tertiary alicyclic amines) is 1. The molecule has 2 aromatic rings. The summed E-state index contributed by atoms with van der Waals surface area (Å²) in [6, 6.07) is 9.94. The minimum absolute atomic E-state index is 0.116. The van der Waals surface area contributed by atoms with Crippen LogP contribution in [-0.2, 0) is 6.18 Å². The summed E-state index contributed by atoms with van der Waals surface area (Å²) in [6.07, 6.45) is -4.74. The number of likely N-dealkylation sites (N-methyl/N-ethyl adjacent to an activating group) is 1. The number of benzene rings is 2. The van der Waals surface area contributed by atoms with Crippen LogP contribution in [0.1, 0.15) is 12.0 Å². The molecule has 0 saturated carbocycles. The van der Waals surface area contributed by atoms with Crippen molar-refractivity contribution < 1.29 is 27.9 Å². The van der Waals surface area contributed by atoms with E-state index in [4.69, 9.17) is 4.74 Å². The summed E-state index contributed by atoms with van der Waals surface area (Å²) in [6.45, 7) is 1.54. The SMILES string of the molecule is CN(CCN1CC[C@@H](O)C1)c1c([N+](=O)[O-])ccc(Oc2ccccc2)c1C(F)(F)F. The van der Waals surface area contributed by atoms with E-state index < -0.39 is 39.9 Å². The molecule has 1 aliphatic heterocycles. The number of hydrogen-bond acceptors (Lipinski definition) is 6. The van der Waals surface area contributed by atoms with Gasteiger partial charge in [0.05, 0.1) is 11.0 Å². The number of nitro groups is 1. The van der Waals surface area contributed by atoms with E-state index in [2.05, 4.69) is 0 Å². The van der Waals surface area contributed by atoms with E-state index >= 15 is 0 Å². The Kier molecular flexibility index (Phi) is 6.47. The highest BCUT2D eigenvalue weighted by Crippen LogP contribution is 2.47. The zero-order chi connectivity index (χ0) is 21.9. The van der Waals surface area contributed by atoms with Gasteiger partial charge in [-0.15, -0.1) is 0 Å². The number of halogens is 3. The first-order valence-electron chi connectivity index (χ1n) is 9.40. The van der Waals surface area contributed by atoms with Crippen LogP contribution in [-0.4, -0.2) is 54.3 Å². The fraction of sp³-hybridized carbons (Fsp3) is 0.400. The van der Waals surface area contributed by atoms with Gasteiger partial charge in [0, 0.05) is 39.3 Å². The third kappa shape index (κ3) is 5.00. The van der Waals surface area contributed by atoms with Crippen LogP contribution >= 0.6 is 0 Å². The maximum absolute atomic E-state index is 14.0. The molecular weight excluding hydrogens is 403 g/mol. The average molecular weight is 425 g/mol. The first-order chi connectivity index (χ1) is 14.2. The molecule has 1 fully saturated rings. The van der Waals surface area contributed by atoms with E-state index in [1.807, 2.05) is 4.90 Å². The number of β-amino-alcohol motifs (C(OH)–C–C–N with tert-alkyl or cyclic N) is 1. The molecule has 0 aromatic heterocycles. The third-order valence-electron chi connectivity index (χ3n) is 4.95. The average Bonchev–Trinajstić information content (AvgIpc) is 3.10. The minimum Gasteiger partial charge on any atom is -0.457 e. The van der Waals surface area contributed by atoms with E-state index in [1.165, 1.54) is 24.1 Å². The van der Waals surface area contributed by atoms with Crippen LogP contribution in [0.15, 0.2) is 42.5 Å². The minimum atomic E-state index is -4.87. The van der Waals surface area contributed by atoms with Crippen LogP contribution in [0.5, 0.6) is 11.5 Å². The quantitative estimate of drug-likeness (QED) is 0.535. The molecule has 1 atom stereocenters. The molecule has 30 heavy (non-hydrogen) atoms. The van der Waals surface area contributed by atoms with Crippen LogP contribution in [0.3, 0.4) is 0 Å². The number of aliphatic hydroxyl groups is 1. The second kappa shape index (κ2) is 8.88. The van der Waals surface area contributed by atoms with Gasteiger partial charge >= 0.3 is 6.18 Å². The molecule has 1 N–H and O–H groups in total. The number of anilines is 1. The van der Waals surface area contributed by atoms with Crippen molar-refractivity contribution in [3.05, 3.63) is 58.1 Å². The first-order valence-corrected chi connectivity index (χ1v) is 9.40. The van der Waals surface area contributed by atoms with Crippen LogP contribution in [0.2, 0.25) is 0 Å². The lowest BCUT2D eigenvalue weighted by Crippen LogP contribution is -2.33. The number of alkyl halides is 3. The highest BCUT2D eigenvalue weighted by Gasteiger charge is 2.42. The van der Waals surface area contributed by atoms with Crippen LogP contribution < -0.4 is 9.64 Å². The second-order valence-corrected chi connectivity index (χ2v) is 7.14. The van der Waals surface area contributed by atoms with Crippen molar-refractivity contribution in [2.75, 3.05) is 38.1 Å². The zero-order valence-electron chi connectivity index (χ0n) is 16.3. The van der Waals surface area contributed by atoms with Crippen LogP contribution in [0.25, 0.3) is 0 Å². The number of aliphatic hydroxyl groups excluding tert-OH is 1. The Morgan fingerprint density at radius 2 is 1.97 bits per heavy atom. The summed E-state index contributed by atoms with van der Waals surface area (Å²) in [7, 11) is 1.39. The number of para-hydroxylation sites is 1. The molecule has 0 radical (unpaired) electrons. The predicted molar refractivity (Wildman–Crippen MR) is 105 cm³/mol. The molecule has 0 aliphatic carbocycles. The van der Waals surface area contributed by atoms with E-state index in [0.717, 1.165) is 12.1 Å². The van der Waals surface area contributed by atoms with Gasteiger partial charge < -0.3 is 14.7 Å². The van der Waals surface area contributed by atoms with Crippen molar-refractivity contribution in [2.24, 2.45) is 0 Å². The van der Waals surface area contributed by atoms with Crippen molar-refractivity contribution in [2.45, 2.75) is 18.7 Å². The highest BCUT2D eigenvalue weighted by atomic mass is 19.4. The molecule has 0 unspecified atom stereocenters. The summed E-state index contributed by atoms with van der Waals surface area (Å²) in [5, 5.41) is 21.1. The van der Waals surface area contributed by atoms with Gasteiger partial charge in [-0.1, -0.05) is 18.2 Å². The van der Waals surface area contributed by atoms with E-state index in [9.17, 15) is 28.4 Å². The number of nitrogens with zero attached hydrogens (tertiary/aromatic N) is 3. The van der Waals surface area contributed by atoms with Gasteiger partial charge in [0.25, 0.3) is 5.69 Å². The van der Waals surface area contributed by atoms with Gasteiger partial charge in [0.1, 0.15) is 22.7 Å². The van der Waals surface area contributed by atoms with E-state index in [-0.39, 0.29) is 12.3 Å². The molecule has 7 nitrogen and oxygen atoms in total. The Morgan fingerprint density at radius 1 is 1.27 bits per heavy atom. The Morgan fingerprint density at radius 3 is 2.53 bits per heavy atom. The molecule has 0 bridgehead atoms. The van der Waals surface area contributed by atoms with Crippen molar-refractivity contribution >= 4 is 11.4 Å². The summed E-state index contributed by atoms with van der Waals surface area (Å²) >= 11 is 0. The summed E-state index contributed by atoms with van der Waals surface area (Å²) in [4.78, 5) is 13.8. The van der Waals surface area contributed by atoms with Gasteiger partial charge in [-0.3, -0.25) is 15.0 Å². The number of nitro benzene ring substituents is 1. The van der Waals surface area contributed by atoms with E-state index in [0.29, 0.717) is 26.1 Å². The third-order valence-corrected chi connectivity index (χ3v) is 4.95. The van der Waals surface area contributed by atoms with Gasteiger partial charge in [-0.05, 0) is 24.6 Å². The smallest absolute Gasteiger partial charge is 0.422 e. The van der Waals surface area contributed by atoms with Crippen molar-refractivity contribution in [3.63, 3.8) is 0 Å². The Balaban J connectivity index is 1.99. The van der Waals surface area contributed by atoms with Gasteiger partial charge in [0.15, 0.2) is 0 Å². The molecule has 2 aromatic carbocycles. The Bertz CT molecular complexity index is 893. The lowest BCUT2D eigenvalue weighted by molar-refractivity contribution is -0.384. The maximum atomic E-state index is 14.0. The van der Waals surface area contributed by atoms with Gasteiger partial charge in [0.2, 0.25) is 0 Å². The van der Waals surface area contributed by atoms with Crippen molar-refractivity contribution in [3.8, 4) is 11.5 Å². The molecule has 1 saturated heterocycles. The molecule has 1 aliphatic rings. The molecule has 0 amide bonds. The zero-order valence-corrected chi connectivity index (χ0v) is 16.3. The summed E-state index contributed by atoms with van der Waals surface area (Å²) in [5.41, 5.74) is -2.38. The van der Waals surface area contributed by atoms with E-state index in [1.54, 1.807) is 18.2 Å². The second-order valence-electron chi connectivity index (χ2n) is 7.14. The number of ether oxygens (including phenoxy) is 1. The van der Waals surface area contributed by atoms with Crippen molar-refractivity contribution in [1.29, 1.82) is 0 Å². The Labute approximate surface area is 171 Å². The summed E-state index contributed by atoms with van der Waals surface area (Å²) < 4.78 is 47.5. The lowest BCUT2D eigenvalue weighted by atomic mass is 10.1. The summed E-state index contributed by atoms with van der Waals surface area (Å²) in [5.74, 6) is -0.311. The monoisotopic (exact) mass is 425 g/mol. The van der Waals surface area contributed by atoms with Crippen LogP contribution in [0.4, 0.5) is 24.5 Å². The Hall–Kier alpha value is -2.85. The molecule has 3 rings (SSSR count). The number of hydrogen-bond donors (Lipinski definition) is 1. The molecular formula is C20H22F3N3O4. The van der Waals surface area contributed by atoms with Crippen LogP contribution in [0, 0.1) is 10.1 Å². The predicted octanol–water partition coefficient (Wildman–Crippen LogP) is 3.91. The molecule has 162 valence electrons. The largest absolute Gasteiger partial charge is 0.457 e. The standard InChI is InChI=1S/C20H22F3N3O4/c1-24(11-12-25-10-9-14(27)13-25)19-16(26(28)29)7-8-17(18(19)20(21,22)23)30-15-5-3-2-4-6-15/h2-8,14,27H,9-13H2,1H3/t14-/m1/s1. The molecule has 1 heterocycles. The fourth-order valence-electron chi connectivity index (χ4n) is 3.49. The first kappa shape index (κ1) is 21.8. The van der Waals surface area contributed by atoms with Crippen molar-refractivity contribution in [1.82, 2.24) is 4.90 Å². The molecule has 10 heteroatoms. The normalized spacial score (nSPS) is 17.2.